The van der Waals surface area contributed by atoms with Crippen LogP contribution in [-0.4, -0.2) is 20.9 Å². The third-order valence-electron chi connectivity index (χ3n) is 1.74. The number of nitro groups is 2. The molecule has 0 unspecified atom stereocenters. The number of hydrogen-bond acceptors (Lipinski definition) is 6. The smallest absolute Gasteiger partial charge is 0.342 e. The van der Waals surface area contributed by atoms with Crippen LogP contribution in [0.15, 0.2) is 17.0 Å². The van der Waals surface area contributed by atoms with Crippen LogP contribution in [0.25, 0.3) is 0 Å². The molecular weight excluding hydrogens is 240 g/mol. The fourth-order valence-electron chi connectivity index (χ4n) is 1.07. The first kappa shape index (κ1) is 11.9. The zero-order chi connectivity index (χ0) is 12.5. The lowest BCUT2D eigenvalue weighted by Crippen LogP contribution is -2.05. The van der Waals surface area contributed by atoms with E-state index < -0.39 is 37.6 Å². The van der Waals surface area contributed by atoms with Gasteiger partial charge < -0.3 is 5.11 Å². The molecule has 0 bridgehead atoms. The molecule has 0 atom stereocenters. The van der Waals surface area contributed by atoms with Gasteiger partial charge in [0.1, 0.15) is 5.56 Å². The molecule has 84 valence electrons. The van der Waals surface area contributed by atoms with Crippen LogP contribution in [0.4, 0.5) is 11.4 Å². The number of carbonyl (C=O) groups is 1. The molecule has 9 heteroatoms. The van der Waals surface area contributed by atoms with Crippen molar-refractivity contribution < 1.29 is 19.7 Å². The fraction of sp³-hybridized carbons (Fsp3) is 0. The minimum Gasteiger partial charge on any atom is -0.477 e. The van der Waals surface area contributed by atoms with Crippen LogP contribution in [0.3, 0.4) is 0 Å². The lowest BCUT2D eigenvalue weighted by molar-refractivity contribution is -0.399. The molecule has 1 N–H and O–H groups in total. The van der Waals surface area contributed by atoms with Crippen molar-refractivity contribution >= 4 is 30.0 Å². The topological polar surface area (TPSA) is 124 Å². The number of rotatable bonds is 3. The molecule has 16 heavy (non-hydrogen) atoms. The van der Waals surface area contributed by atoms with E-state index in [1.807, 2.05) is 0 Å². The van der Waals surface area contributed by atoms with Gasteiger partial charge in [0.25, 0.3) is 5.69 Å². The summed E-state index contributed by atoms with van der Waals surface area (Å²) in [5, 5.41) is 29.7. The molecule has 0 aliphatic carbocycles. The highest BCUT2D eigenvalue weighted by Crippen LogP contribution is 2.34. The third kappa shape index (κ3) is 1.93. The van der Waals surface area contributed by atoms with E-state index in [4.69, 9.17) is 5.11 Å². The van der Waals surface area contributed by atoms with Crippen LogP contribution in [0.1, 0.15) is 10.4 Å². The maximum absolute atomic E-state index is 10.7. The molecule has 0 spiro atoms. The molecule has 0 heterocycles. The monoisotopic (exact) mass is 244 g/mol. The van der Waals surface area contributed by atoms with Crippen LogP contribution in [0.2, 0.25) is 0 Å². The molecule has 0 saturated heterocycles. The second-order valence-corrected chi connectivity index (χ2v) is 3.10. The van der Waals surface area contributed by atoms with Crippen LogP contribution < -0.4 is 0 Å². The molecule has 0 amide bonds. The standard InChI is InChI=1S/C7H4N2O6S/c10-7(11)3-1-2-4(8(12)13)6(16)5(3)9(14)15/h1-2,16H,(H,10,11). The number of aromatic carboxylic acids is 1. The van der Waals surface area contributed by atoms with E-state index in [0.717, 1.165) is 12.1 Å². The molecule has 0 aromatic heterocycles. The number of carboxylic acid groups (broad SMARTS) is 1. The summed E-state index contributed by atoms with van der Waals surface area (Å²) in [7, 11) is 0. The highest BCUT2D eigenvalue weighted by atomic mass is 32.1. The van der Waals surface area contributed by atoms with Gasteiger partial charge in [0.05, 0.1) is 9.85 Å². The molecule has 0 aliphatic heterocycles. The lowest BCUT2D eigenvalue weighted by atomic mass is 10.1. The van der Waals surface area contributed by atoms with Crippen LogP contribution in [0, 0.1) is 20.2 Å². The summed E-state index contributed by atoms with van der Waals surface area (Å²) < 4.78 is 0. The average molecular weight is 244 g/mol. The van der Waals surface area contributed by atoms with Crippen LogP contribution in [0.5, 0.6) is 0 Å². The fourth-order valence-corrected chi connectivity index (χ4v) is 1.43. The highest BCUT2D eigenvalue weighted by molar-refractivity contribution is 7.80. The van der Waals surface area contributed by atoms with Crippen LogP contribution >= 0.6 is 12.6 Å². The zero-order valence-electron chi connectivity index (χ0n) is 7.48. The van der Waals surface area contributed by atoms with Gasteiger partial charge in [-0.3, -0.25) is 20.2 Å². The first-order valence-corrected chi connectivity index (χ1v) is 4.19. The summed E-state index contributed by atoms with van der Waals surface area (Å²) in [6, 6.07) is 1.66. The first-order valence-electron chi connectivity index (χ1n) is 3.74. The Hall–Kier alpha value is -2.16. The van der Waals surface area contributed by atoms with E-state index >= 15 is 0 Å². The Morgan fingerprint density at radius 1 is 1.25 bits per heavy atom. The summed E-state index contributed by atoms with van der Waals surface area (Å²) >= 11 is 3.61. The summed E-state index contributed by atoms with van der Waals surface area (Å²) in [5.41, 5.74) is -2.13. The number of benzene rings is 1. The van der Waals surface area contributed by atoms with Crippen molar-refractivity contribution in [3.8, 4) is 0 Å². The lowest BCUT2D eigenvalue weighted by Gasteiger charge is -2.01. The van der Waals surface area contributed by atoms with Gasteiger partial charge in [-0.05, 0) is 6.07 Å². The number of nitro benzene ring substituents is 2. The predicted octanol–water partition coefficient (Wildman–Crippen LogP) is 1.49. The van der Waals surface area contributed by atoms with Gasteiger partial charge in [0, 0.05) is 6.07 Å². The molecule has 1 aromatic carbocycles. The Morgan fingerprint density at radius 2 is 1.81 bits per heavy atom. The Labute approximate surface area is 93.2 Å². The van der Waals surface area contributed by atoms with Gasteiger partial charge in [-0.1, -0.05) is 0 Å². The molecule has 1 rings (SSSR count). The van der Waals surface area contributed by atoms with Crippen molar-refractivity contribution in [2.75, 3.05) is 0 Å². The van der Waals surface area contributed by atoms with E-state index in [0.29, 0.717) is 0 Å². The summed E-state index contributed by atoms with van der Waals surface area (Å²) in [6.07, 6.45) is 0. The van der Waals surface area contributed by atoms with Crippen molar-refractivity contribution in [2.24, 2.45) is 0 Å². The normalized spacial score (nSPS) is 9.81. The van der Waals surface area contributed by atoms with E-state index in [-0.39, 0.29) is 0 Å². The maximum Gasteiger partial charge on any atom is 0.342 e. The maximum atomic E-state index is 10.7. The third-order valence-corrected chi connectivity index (χ3v) is 2.18. The zero-order valence-corrected chi connectivity index (χ0v) is 8.38. The number of thiol groups is 1. The number of carboxylic acids is 1. The largest absolute Gasteiger partial charge is 0.477 e. The molecule has 8 nitrogen and oxygen atoms in total. The molecule has 1 aromatic rings. The van der Waals surface area contributed by atoms with Crippen molar-refractivity contribution in [2.45, 2.75) is 4.90 Å². The van der Waals surface area contributed by atoms with E-state index in [9.17, 15) is 25.0 Å². The van der Waals surface area contributed by atoms with Crippen LogP contribution in [-0.2, 0) is 0 Å². The van der Waals surface area contributed by atoms with Crippen molar-refractivity contribution in [1.82, 2.24) is 0 Å². The first-order chi connectivity index (χ1) is 7.36. The van der Waals surface area contributed by atoms with Crippen molar-refractivity contribution in [3.63, 3.8) is 0 Å². The van der Waals surface area contributed by atoms with E-state index in [2.05, 4.69) is 12.6 Å². The van der Waals surface area contributed by atoms with E-state index in [1.54, 1.807) is 0 Å². The average Bonchev–Trinajstić information content (AvgIpc) is 2.15. The second kappa shape index (κ2) is 4.14. The molecule has 0 fully saturated rings. The molecule has 0 radical (unpaired) electrons. The minimum atomic E-state index is -1.54. The molecule has 0 saturated carbocycles. The van der Waals surface area contributed by atoms with Gasteiger partial charge >= 0.3 is 11.7 Å². The van der Waals surface area contributed by atoms with Gasteiger partial charge in [0.15, 0.2) is 4.90 Å². The van der Waals surface area contributed by atoms with Gasteiger partial charge in [-0.2, -0.15) is 0 Å². The summed E-state index contributed by atoms with van der Waals surface area (Å²) in [6.45, 7) is 0. The Balaban J connectivity index is 3.60. The predicted molar refractivity (Wildman–Crippen MR) is 54.0 cm³/mol. The Bertz CT molecular complexity index is 500. The van der Waals surface area contributed by atoms with Gasteiger partial charge in [-0.25, -0.2) is 4.79 Å². The van der Waals surface area contributed by atoms with Crippen molar-refractivity contribution in [1.29, 1.82) is 0 Å². The minimum absolute atomic E-state index is 0.574. The summed E-state index contributed by atoms with van der Waals surface area (Å²) in [4.78, 5) is 29.2. The molecular formula is C7H4N2O6S. The highest BCUT2D eigenvalue weighted by Gasteiger charge is 2.29. The number of hydrogen-bond donors (Lipinski definition) is 2. The Kier molecular flexibility index (Phi) is 3.09. The van der Waals surface area contributed by atoms with Gasteiger partial charge in [0.2, 0.25) is 0 Å². The van der Waals surface area contributed by atoms with Crippen molar-refractivity contribution in [3.05, 3.63) is 37.9 Å². The Morgan fingerprint density at radius 3 is 2.19 bits per heavy atom. The van der Waals surface area contributed by atoms with Gasteiger partial charge in [-0.15, -0.1) is 12.6 Å². The summed E-state index contributed by atoms with van der Waals surface area (Å²) in [5.74, 6) is -1.54. The van der Waals surface area contributed by atoms with E-state index in [1.165, 1.54) is 0 Å². The second-order valence-electron chi connectivity index (χ2n) is 2.65. The molecule has 0 aliphatic rings. The quantitative estimate of drug-likeness (QED) is 0.471. The number of nitrogens with zero attached hydrogens (tertiary/aromatic N) is 2. The SMILES string of the molecule is O=C(O)c1ccc([N+](=O)[O-])c(S)c1[N+](=O)[O-].